The molecular formula is C7H14N2O3. The van der Waals surface area contributed by atoms with Crippen LogP contribution < -0.4 is 11.5 Å². The van der Waals surface area contributed by atoms with Gasteiger partial charge in [0.1, 0.15) is 6.04 Å². The molecule has 0 saturated heterocycles. The highest BCUT2D eigenvalue weighted by Crippen LogP contribution is 1.87. The number of rotatable bonds is 4. The van der Waals surface area contributed by atoms with E-state index in [1.54, 1.807) is 0 Å². The van der Waals surface area contributed by atoms with Crippen LogP contribution in [0.2, 0.25) is 0 Å². The Kier molecular flexibility index (Phi) is 4.46. The van der Waals surface area contributed by atoms with E-state index in [2.05, 4.69) is 4.74 Å². The van der Waals surface area contributed by atoms with Crippen molar-refractivity contribution in [3.8, 4) is 0 Å². The molecule has 0 spiro atoms. The molecule has 0 heterocycles. The first-order valence-electron chi connectivity index (χ1n) is 3.65. The molecule has 0 radical (unpaired) electrons. The van der Waals surface area contributed by atoms with Gasteiger partial charge in [-0.05, 0) is 13.8 Å². The van der Waals surface area contributed by atoms with Crippen molar-refractivity contribution in [3.05, 3.63) is 0 Å². The molecule has 0 aromatic heterocycles. The average Bonchev–Trinajstić information content (AvgIpc) is 1.98. The number of Topliss-reactive ketones (excluding diaryl/α,β-unsaturated/α-hetero) is 1. The SMILES string of the molecule is C[C@@H](N)C(=O)COC(=O)[C@@H](C)N. The maximum atomic E-state index is 10.8. The van der Waals surface area contributed by atoms with E-state index in [0.717, 1.165) is 0 Å². The van der Waals surface area contributed by atoms with Crippen molar-refractivity contribution in [1.29, 1.82) is 0 Å². The highest BCUT2D eigenvalue weighted by molar-refractivity contribution is 5.87. The van der Waals surface area contributed by atoms with Gasteiger partial charge in [-0.15, -0.1) is 0 Å². The van der Waals surface area contributed by atoms with Gasteiger partial charge in [-0.25, -0.2) is 0 Å². The van der Waals surface area contributed by atoms with Crippen LogP contribution in [0.4, 0.5) is 0 Å². The Morgan fingerprint density at radius 1 is 1.25 bits per heavy atom. The Balaban J connectivity index is 3.69. The molecule has 0 aliphatic carbocycles. The Morgan fingerprint density at radius 3 is 2.08 bits per heavy atom. The fourth-order valence-electron chi connectivity index (χ4n) is 0.405. The molecule has 0 aromatic carbocycles. The van der Waals surface area contributed by atoms with Crippen LogP contribution in [-0.4, -0.2) is 30.4 Å². The largest absolute Gasteiger partial charge is 0.456 e. The van der Waals surface area contributed by atoms with Crippen LogP contribution in [0, 0.1) is 0 Å². The normalized spacial score (nSPS) is 15.0. The minimum absolute atomic E-state index is 0.294. The van der Waals surface area contributed by atoms with Gasteiger partial charge >= 0.3 is 5.97 Å². The summed E-state index contributed by atoms with van der Waals surface area (Å²) >= 11 is 0. The minimum Gasteiger partial charge on any atom is -0.456 e. The fourth-order valence-corrected chi connectivity index (χ4v) is 0.405. The summed E-state index contributed by atoms with van der Waals surface area (Å²) in [6, 6.07) is -1.31. The summed E-state index contributed by atoms with van der Waals surface area (Å²) in [5.74, 6) is -0.909. The van der Waals surface area contributed by atoms with Crippen LogP contribution in [0.5, 0.6) is 0 Å². The van der Waals surface area contributed by atoms with E-state index in [-0.39, 0.29) is 12.4 Å². The molecule has 0 aliphatic heterocycles. The molecule has 5 nitrogen and oxygen atoms in total. The number of ketones is 1. The van der Waals surface area contributed by atoms with E-state index >= 15 is 0 Å². The molecule has 0 amide bonds. The highest BCUT2D eigenvalue weighted by atomic mass is 16.5. The van der Waals surface area contributed by atoms with Gasteiger partial charge in [0.15, 0.2) is 12.4 Å². The van der Waals surface area contributed by atoms with Gasteiger partial charge in [0.05, 0.1) is 6.04 Å². The molecular weight excluding hydrogens is 160 g/mol. The Morgan fingerprint density at radius 2 is 1.75 bits per heavy atom. The van der Waals surface area contributed by atoms with Crippen LogP contribution in [0.15, 0.2) is 0 Å². The number of esters is 1. The molecule has 0 fully saturated rings. The molecule has 0 aliphatic rings. The second-order valence-electron chi connectivity index (χ2n) is 2.65. The summed E-state index contributed by atoms with van der Waals surface area (Å²) in [4.78, 5) is 21.6. The standard InChI is InChI=1S/C7H14N2O3/c1-4(8)6(10)3-12-7(11)5(2)9/h4-5H,3,8-9H2,1-2H3/t4-,5-/m1/s1. The molecule has 2 atom stereocenters. The molecule has 70 valence electrons. The predicted molar refractivity (Wildman–Crippen MR) is 43.3 cm³/mol. The van der Waals surface area contributed by atoms with Crippen molar-refractivity contribution in [2.45, 2.75) is 25.9 Å². The van der Waals surface area contributed by atoms with Crippen LogP contribution in [0.3, 0.4) is 0 Å². The van der Waals surface area contributed by atoms with E-state index < -0.39 is 18.1 Å². The number of ether oxygens (including phenoxy) is 1. The minimum atomic E-state index is -0.703. The smallest absolute Gasteiger partial charge is 0.323 e. The summed E-state index contributed by atoms with van der Waals surface area (Å²) in [5, 5.41) is 0. The second kappa shape index (κ2) is 4.84. The third-order valence-corrected chi connectivity index (χ3v) is 1.24. The maximum Gasteiger partial charge on any atom is 0.323 e. The first kappa shape index (κ1) is 11.1. The first-order valence-corrected chi connectivity index (χ1v) is 3.65. The maximum absolute atomic E-state index is 10.8. The topological polar surface area (TPSA) is 95.4 Å². The number of nitrogens with two attached hydrogens (primary N) is 2. The van der Waals surface area contributed by atoms with Gasteiger partial charge < -0.3 is 16.2 Å². The number of hydrogen-bond donors (Lipinski definition) is 2. The van der Waals surface area contributed by atoms with Gasteiger partial charge in [0.25, 0.3) is 0 Å². The van der Waals surface area contributed by atoms with Crippen LogP contribution >= 0.6 is 0 Å². The predicted octanol–water partition coefficient (Wildman–Crippen LogP) is -1.21. The molecule has 4 N–H and O–H groups in total. The van der Waals surface area contributed by atoms with Crippen molar-refractivity contribution in [2.75, 3.05) is 6.61 Å². The monoisotopic (exact) mass is 174 g/mol. The summed E-state index contributed by atoms with van der Waals surface area (Å²) in [6.45, 7) is 2.72. The van der Waals surface area contributed by atoms with Crippen molar-refractivity contribution < 1.29 is 14.3 Å². The number of hydrogen-bond acceptors (Lipinski definition) is 5. The van der Waals surface area contributed by atoms with Gasteiger partial charge in [0, 0.05) is 0 Å². The lowest BCUT2D eigenvalue weighted by molar-refractivity contribution is -0.149. The third kappa shape index (κ3) is 4.05. The first-order chi connectivity index (χ1) is 5.45. The van der Waals surface area contributed by atoms with Crippen LogP contribution in [0.25, 0.3) is 0 Å². The van der Waals surface area contributed by atoms with Crippen molar-refractivity contribution in [1.82, 2.24) is 0 Å². The van der Waals surface area contributed by atoms with Gasteiger partial charge in [-0.1, -0.05) is 0 Å². The Labute approximate surface area is 71.0 Å². The van der Waals surface area contributed by atoms with Crippen molar-refractivity contribution >= 4 is 11.8 Å². The molecule has 5 heteroatoms. The fraction of sp³-hybridized carbons (Fsp3) is 0.714. The van der Waals surface area contributed by atoms with Crippen molar-refractivity contribution in [2.24, 2.45) is 11.5 Å². The summed E-state index contributed by atoms with van der Waals surface area (Å²) in [7, 11) is 0. The Hall–Kier alpha value is -0.940. The van der Waals surface area contributed by atoms with E-state index in [1.807, 2.05) is 0 Å². The molecule has 0 saturated carbocycles. The number of carbonyl (C=O) groups excluding carboxylic acids is 2. The Bertz CT molecular complexity index is 157. The zero-order valence-electron chi connectivity index (χ0n) is 7.24. The summed E-state index contributed by atoms with van der Waals surface area (Å²) in [5.41, 5.74) is 10.4. The molecule has 0 bridgehead atoms. The molecule has 0 aromatic rings. The van der Waals surface area contributed by atoms with E-state index in [1.165, 1.54) is 13.8 Å². The number of carbonyl (C=O) groups is 2. The van der Waals surface area contributed by atoms with Gasteiger partial charge in [-0.3, -0.25) is 9.59 Å². The second-order valence-corrected chi connectivity index (χ2v) is 2.65. The average molecular weight is 174 g/mol. The van der Waals surface area contributed by atoms with E-state index in [0.29, 0.717) is 0 Å². The summed E-state index contributed by atoms with van der Waals surface area (Å²) in [6.07, 6.45) is 0. The molecule has 12 heavy (non-hydrogen) atoms. The lowest BCUT2D eigenvalue weighted by atomic mass is 10.2. The summed E-state index contributed by atoms with van der Waals surface area (Å²) < 4.78 is 4.53. The molecule has 0 unspecified atom stereocenters. The van der Waals surface area contributed by atoms with Crippen molar-refractivity contribution in [3.63, 3.8) is 0 Å². The van der Waals surface area contributed by atoms with E-state index in [4.69, 9.17) is 11.5 Å². The van der Waals surface area contributed by atoms with E-state index in [9.17, 15) is 9.59 Å². The van der Waals surface area contributed by atoms with Gasteiger partial charge in [0.2, 0.25) is 0 Å². The van der Waals surface area contributed by atoms with Crippen LogP contribution in [-0.2, 0) is 14.3 Å². The zero-order valence-corrected chi connectivity index (χ0v) is 7.24. The quantitative estimate of drug-likeness (QED) is 0.521. The lowest BCUT2D eigenvalue weighted by Crippen LogP contribution is -2.35. The lowest BCUT2D eigenvalue weighted by Gasteiger charge is -2.07. The third-order valence-electron chi connectivity index (χ3n) is 1.24. The zero-order chi connectivity index (χ0) is 9.72. The van der Waals surface area contributed by atoms with Crippen LogP contribution in [0.1, 0.15) is 13.8 Å². The molecule has 0 rings (SSSR count). The highest BCUT2D eigenvalue weighted by Gasteiger charge is 2.13. The van der Waals surface area contributed by atoms with Gasteiger partial charge in [-0.2, -0.15) is 0 Å².